The molecule has 0 aliphatic heterocycles. The summed E-state index contributed by atoms with van der Waals surface area (Å²) < 4.78 is 36.8. The van der Waals surface area contributed by atoms with Crippen LogP contribution in [-0.4, -0.2) is 109 Å². The predicted octanol–water partition coefficient (Wildman–Crippen LogP) is 25.8. The van der Waals surface area contributed by atoms with E-state index >= 15 is 0 Å². The van der Waals surface area contributed by atoms with Gasteiger partial charge in [-0.25, -0.2) is 14.4 Å². The van der Waals surface area contributed by atoms with Crippen LogP contribution in [0.3, 0.4) is 0 Å². The van der Waals surface area contributed by atoms with Crippen molar-refractivity contribution in [2.24, 2.45) is 139 Å². The Bertz CT molecular complexity index is 4390. The van der Waals surface area contributed by atoms with Crippen molar-refractivity contribution in [2.75, 3.05) is 39.3 Å². The SMILES string of the molecule is CC(C)CCC[C@@H](C)[C@H]1CC[C@H]2[C@@H]3CC=C4C[C@@H](OC(=O)NCCNC(=O)c5ccc(Oc6nc(Oc7ccc(C(=O)NCCNC(=O)O[C@H]8CC[C@@]9(C)C(=CC[C@H]%10[C@@H]%11CC[C@H]([C@H](C)CCCC(C)C)[C@@]%11(C)CC[C@@H]%109)C8)cc7)nc(Oc7ccc(C(=O)NCCNC(=O)O[C@H]8CC[C@@]9(C)C(=CC[C@H]%10[C@@H]%11CC[C@H]([C@H](C)CCCC(C)C)[C@@]%11(C)CC[C@@H]%109)C8)cc7)n6)cc5)CC[C@]4(C)[C@H]3CC[C@]12C. The number of alkyl carbamates (subject to hydrolysis) is 3. The van der Waals surface area contributed by atoms with Crippen molar-refractivity contribution in [1.82, 2.24) is 46.9 Å². The number of hydrogen-bond donors (Lipinski definition) is 6. The van der Waals surface area contributed by atoms with E-state index in [1.165, 1.54) is 152 Å². The molecular formula is C114H165N9O12. The van der Waals surface area contributed by atoms with Gasteiger partial charge >= 0.3 is 36.3 Å². The quantitative estimate of drug-likeness (QED) is 0.0140. The summed E-state index contributed by atoms with van der Waals surface area (Å²) >= 11 is 0. The number of amides is 6. The van der Waals surface area contributed by atoms with Crippen LogP contribution < -0.4 is 46.1 Å². The highest BCUT2D eigenvalue weighted by atomic mass is 16.6. The summed E-state index contributed by atoms with van der Waals surface area (Å²) in [5.74, 6) is 13.5. The lowest BCUT2D eigenvalue weighted by atomic mass is 9.47. The van der Waals surface area contributed by atoms with E-state index in [9.17, 15) is 28.8 Å². The number of hydrogen-bond acceptors (Lipinski definition) is 15. The van der Waals surface area contributed by atoms with Gasteiger partial charge in [-0.15, -0.1) is 15.0 Å². The van der Waals surface area contributed by atoms with Crippen LogP contribution in [0.2, 0.25) is 0 Å². The molecule has 3 aromatic carbocycles. The van der Waals surface area contributed by atoms with Gasteiger partial charge in [-0.2, -0.15) is 0 Å². The number of carbonyl (C=O) groups is 6. The minimum Gasteiger partial charge on any atom is -0.446 e. The largest absolute Gasteiger partial charge is 0.446 e. The van der Waals surface area contributed by atoms with Gasteiger partial charge in [0.15, 0.2) is 0 Å². The number of nitrogens with one attached hydrogen (secondary N) is 6. The van der Waals surface area contributed by atoms with Crippen LogP contribution in [0.5, 0.6) is 35.3 Å². The van der Waals surface area contributed by atoms with Crippen LogP contribution in [0.1, 0.15) is 347 Å². The second kappa shape index (κ2) is 42.7. The van der Waals surface area contributed by atoms with E-state index < -0.39 is 18.3 Å². The first-order chi connectivity index (χ1) is 64.7. The van der Waals surface area contributed by atoms with Gasteiger partial charge in [0, 0.05) is 75.2 Å². The van der Waals surface area contributed by atoms with Crippen molar-refractivity contribution in [3.8, 4) is 35.3 Å². The van der Waals surface area contributed by atoms with Crippen LogP contribution in [0.25, 0.3) is 0 Å². The summed E-state index contributed by atoms with van der Waals surface area (Å²) in [6, 6.07) is 18.6. The van der Waals surface area contributed by atoms with Crippen LogP contribution in [0.15, 0.2) is 108 Å². The third-order valence-electron chi connectivity index (χ3n) is 38.2. The maximum Gasteiger partial charge on any atom is 0.407 e. The van der Waals surface area contributed by atoms with Crippen molar-refractivity contribution in [3.05, 3.63) is 124 Å². The summed E-state index contributed by atoms with van der Waals surface area (Å²) in [6.45, 7) is 38.3. The van der Waals surface area contributed by atoms with Gasteiger partial charge in [0.2, 0.25) is 0 Å². The molecule has 0 spiro atoms. The first kappa shape index (κ1) is 99.5. The fraction of sp³-hybridized carbons (Fsp3) is 0.711. The third-order valence-corrected chi connectivity index (χ3v) is 38.2. The molecular weight excluding hydrogens is 1690 g/mol. The monoisotopic (exact) mass is 1850 g/mol. The lowest BCUT2D eigenvalue weighted by Gasteiger charge is -2.58. The minimum atomic E-state index is -0.478. The molecule has 0 radical (unpaired) electrons. The number of aromatic nitrogens is 3. The standard InChI is InChI=1S/C114H165N9O12/c1-70(2)19-16-22-73(7)91-43-46-94-88-40-31-79-67-85(49-55-109(79,10)97(88)52-58-112(91,94)13)133-106(127)118-64-61-115-100(124)76-25-34-82(35-26-76)130-103-121-104(131-83-36-27-77(28-37-83)101(125)116-62-65-119-107(128)134-86-50-56-110(11)80(68-86)32-41-89-95-47-44-92(74(8)23-17-20-71(3)4)113(95,14)59-53-98(89)110)123-105(122-103)132-84-38-29-78(30-39-84)102(126)117-63-66-120-108(129)135-87-51-57-111(12)81(69-87)33-42-90-96-48-45-93(75(9)24-18-21-72(5)6)114(96,15)60-54-99(90)111/h25-39,70-75,85-99H,16-24,40-69H2,1-15H3,(H,115,124)(H,116,125)(H,117,126)(H,118,127)(H,119,128)(H,120,129)/t73-,74-,75-,85+,86+,87+,88+,89+,90+,91-,92-,93-,94+,95+,96+,97+,98+,99+,109+,110+,111+,112-,113-,114-/m1/s1. The smallest absolute Gasteiger partial charge is 0.407 e. The zero-order valence-corrected chi connectivity index (χ0v) is 84.6. The second-order valence-corrected chi connectivity index (χ2v) is 47.3. The maximum atomic E-state index is 13.5. The second-order valence-electron chi connectivity index (χ2n) is 47.3. The fourth-order valence-electron chi connectivity index (χ4n) is 31.0. The molecule has 738 valence electrons. The molecule has 1 aromatic heterocycles. The number of fused-ring (bicyclic) bond motifs is 15. The predicted molar refractivity (Wildman–Crippen MR) is 530 cm³/mol. The van der Waals surface area contributed by atoms with Crippen molar-refractivity contribution in [2.45, 2.75) is 334 Å². The summed E-state index contributed by atoms with van der Waals surface area (Å²) in [5, 5.41) is 17.3. The van der Waals surface area contributed by atoms with E-state index in [0.717, 1.165) is 166 Å². The Morgan fingerprint density at radius 2 is 0.578 bits per heavy atom. The number of nitrogens with zero attached hydrogens (tertiary/aromatic N) is 3. The van der Waals surface area contributed by atoms with E-state index in [0.29, 0.717) is 50.7 Å². The van der Waals surface area contributed by atoms with Gasteiger partial charge in [0.05, 0.1) is 0 Å². The van der Waals surface area contributed by atoms with Crippen molar-refractivity contribution in [3.63, 3.8) is 0 Å². The molecule has 9 saturated carbocycles. The Morgan fingerprint density at radius 1 is 0.319 bits per heavy atom. The van der Waals surface area contributed by atoms with Gasteiger partial charge in [-0.1, -0.05) is 197 Å². The molecule has 21 nitrogen and oxygen atoms in total. The highest BCUT2D eigenvalue weighted by Gasteiger charge is 2.63. The highest BCUT2D eigenvalue weighted by molar-refractivity contribution is 5.95. The molecule has 6 amide bonds. The minimum absolute atomic E-state index is 0.146. The third kappa shape index (κ3) is 22.1. The summed E-state index contributed by atoms with van der Waals surface area (Å²) in [4.78, 5) is 94.1. The molecule has 0 saturated heterocycles. The van der Waals surface area contributed by atoms with E-state index in [4.69, 9.17) is 28.4 Å². The average Bonchev–Trinajstić information content (AvgIpc) is 1.71. The molecule has 135 heavy (non-hydrogen) atoms. The number of rotatable bonds is 36. The first-order valence-corrected chi connectivity index (χ1v) is 53.6. The van der Waals surface area contributed by atoms with Gasteiger partial charge in [0.1, 0.15) is 35.6 Å². The number of benzene rings is 3. The van der Waals surface area contributed by atoms with Crippen LogP contribution in [-0.2, 0) is 14.2 Å². The summed E-state index contributed by atoms with van der Waals surface area (Å²) in [5.41, 5.74) is 7.21. The molecule has 4 aromatic rings. The van der Waals surface area contributed by atoms with Gasteiger partial charge in [-0.05, 0) is 347 Å². The Hall–Kier alpha value is -8.49. The van der Waals surface area contributed by atoms with Crippen LogP contribution in [0, 0.1) is 139 Å². The van der Waals surface area contributed by atoms with Crippen LogP contribution >= 0.6 is 0 Å². The summed E-state index contributed by atoms with van der Waals surface area (Å²) in [6.07, 6.45) is 45.2. The summed E-state index contributed by atoms with van der Waals surface area (Å²) in [7, 11) is 0. The Balaban J connectivity index is 0.494. The number of ether oxygens (including phenoxy) is 6. The lowest BCUT2D eigenvalue weighted by molar-refractivity contribution is -0.0581. The van der Waals surface area contributed by atoms with E-state index in [1.807, 2.05) is 0 Å². The van der Waals surface area contributed by atoms with E-state index in [-0.39, 0.29) is 127 Å². The topological polar surface area (TPSA) is 269 Å². The van der Waals surface area contributed by atoms with Gasteiger partial charge in [0.25, 0.3) is 17.7 Å². The normalized spacial score (nSPS) is 33.1. The highest BCUT2D eigenvalue weighted by Crippen LogP contribution is 2.72. The van der Waals surface area contributed by atoms with Gasteiger partial charge < -0.3 is 60.3 Å². The number of carbonyl (C=O) groups excluding carboxylic acids is 6. The molecule has 0 bridgehead atoms. The molecule has 24 atom stereocenters. The van der Waals surface area contributed by atoms with E-state index in [2.05, 4.69) is 169 Å². The average molecular weight is 1850 g/mol. The molecule has 0 unspecified atom stereocenters. The molecule has 9 fully saturated rings. The number of allylic oxidation sites excluding steroid dienone is 3. The van der Waals surface area contributed by atoms with Crippen molar-refractivity contribution >= 4 is 36.0 Å². The Labute approximate surface area is 807 Å². The molecule has 1 heterocycles. The molecule has 16 rings (SSSR count). The van der Waals surface area contributed by atoms with E-state index in [1.54, 1.807) is 72.8 Å². The molecule has 12 aliphatic carbocycles. The Morgan fingerprint density at radius 3 is 0.837 bits per heavy atom. The Kier molecular flexibility index (Phi) is 31.5. The molecule has 12 aliphatic rings. The molecule has 21 heteroatoms. The molecule has 6 N–H and O–H groups in total. The zero-order chi connectivity index (χ0) is 95.3. The zero-order valence-electron chi connectivity index (χ0n) is 84.6. The lowest BCUT2D eigenvalue weighted by Crippen LogP contribution is -2.51. The fourth-order valence-corrected chi connectivity index (χ4v) is 31.0. The van der Waals surface area contributed by atoms with Crippen molar-refractivity contribution in [1.29, 1.82) is 0 Å². The maximum absolute atomic E-state index is 13.5. The first-order valence-electron chi connectivity index (χ1n) is 53.6. The van der Waals surface area contributed by atoms with Gasteiger partial charge in [-0.3, -0.25) is 14.4 Å². The van der Waals surface area contributed by atoms with Crippen molar-refractivity contribution < 1.29 is 57.2 Å². The van der Waals surface area contributed by atoms with Crippen LogP contribution in [0.4, 0.5) is 14.4 Å².